The van der Waals surface area contributed by atoms with Crippen LogP contribution in [0.5, 0.6) is 0 Å². The molecule has 1 rings (SSSR count). The smallest absolute Gasteiger partial charge is 0.0230 e. The van der Waals surface area contributed by atoms with E-state index in [1.165, 1.54) is 17.5 Å². The average Bonchev–Trinajstić information content (AvgIpc) is 2.01. The second-order valence-corrected chi connectivity index (χ2v) is 4.91. The molecule has 0 unspecified atom stereocenters. The Morgan fingerprint density at radius 3 is 2.23 bits per heavy atom. The molecule has 0 saturated heterocycles. The zero-order chi connectivity index (χ0) is 9.90. The first kappa shape index (κ1) is 10.3. The minimum Gasteiger partial charge on any atom is -0.0617 e. The molecule has 0 bridgehead atoms. The van der Waals surface area contributed by atoms with E-state index in [0.717, 1.165) is 6.42 Å². The van der Waals surface area contributed by atoms with Gasteiger partial charge in [0.2, 0.25) is 0 Å². The number of rotatable bonds is 2. The van der Waals surface area contributed by atoms with Gasteiger partial charge in [0.1, 0.15) is 0 Å². The molecule has 0 aliphatic heterocycles. The van der Waals surface area contributed by atoms with Gasteiger partial charge in [-0.3, -0.25) is 0 Å². The predicted octanol–water partition coefficient (Wildman–Crippen LogP) is 3.84. The quantitative estimate of drug-likeness (QED) is 0.642. The largest absolute Gasteiger partial charge is 0.0617 e. The highest BCUT2D eigenvalue weighted by atomic mass is 14.2. The minimum absolute atomic E-state index is 0.395. The zero-order valence-electron chi connectivity index (χ0n) is 9.22. The Balaban J connectivity index is 2.78. The molecule has 72 valence electrons. The van der Waals surface area contributed by atoms with Gasteiger partial charge in [0.15, 0.2) is 0 Å². The van der Waals surface area contributed by atoms with Crippen LogP contribution < -0.4 is 0 Å². The van der Waals surface area contributed by atoms with Crippen molar-refractivity contribution in [2.45, 2.75) is 40.5 Å². The summed E-state index contributed by atoms with van der Waals surface area (Å²) in [6.45, 7) is 9.05. The van der Waals surface area contributed by atoms with Gasteiger partial charge in [-0.25, -0.2) is 0 Å². The third-order valence-corrected chi connectivity index (χ3v) is 2.13. The maximum Gasteiger partial charge on any atom is -0.0230 e. The molecule has 1 aromatic carbocycles. The number of hydrogen-bond donors (Lipinski definition) is 0. The summed E-state index contributed by atoms with van der Waals surface area (Å²) in [6, 6.07) is 8.92. The lowest BCUT2D eigenvalue weighted by atomic mass is 9.87. The van der Waals surface area contributed by atoms with E-state index in [1.807, 2.05) is 0 Å². The second-order valence-electron chi connectivity index (χ2n) is 4.91. The lowest BCUT2D eigenvalue weighted by Crippen LogP contribution is -2.09. The van der Waals surface area contributed by atoms with E-state index in [2.05, 4.69) is 52.0 Å². The average molecular weight is 176 g/mol. The third kappa shape index (κ3) is 3.63. The lowest BCUT2D eigenvalue weighted by Gasteiger charge is -2.18. The molecule has 0 saturated carbocycles. The van der Waals surface area contributed by atoms with Crippen molar-refractivity contribution in [2.24, 2.45) is 5.41 Å². The van der Waals surface area contributed by atoms with E-state index >= 15 is 0 Å². The Kier molecular flexibility index (Phi) is 3.13. The molecule has 0 aliphatic carbocycles. The fourth-order valence-electron chi connectivity index (χ4n) is 1.57. The Bertz CT molecular complexity index is 266. The van der Waals surface area contributed by atoms with Crippen molar-refractivity contribution < 1.29 is 0 Å². The molecule has 0 fully saturated rings. The van der Waals surface area contributed by atoms with Crippen LogP contribution in [0.3, 0.4) is 0 Å². The van der Waals surface area contributed by atoms with Crippen molar-refractivity contribution in [3.8, 4) is 0 Å². The summed E-state index contributed by atoms with van der Waals surface area (Å²) in [4.78, 5) is 0. The van der Waals surface area contributed by atoms with Crippen LogP contribution in [-0.2, 0) is 12.8 Å². The Hall–Kier alpha value is -0.780. The van der Waals surface area contributed by atoms with E-state index in [-0.39, 0.29) is 0 Å². The fraction of sp³-hybridized carbons (Fsp3) is 0.538. The van der Waals surface area contributed by atoms with E-state index in [9.17, 15) is 0 Å². The van der Waals surface area contributed by atoms with Gasteiger partial charge in [0.25, 0.3) is 0 Å². The van der Waals surface area contributed by atoms with Crippen molar-refractivity contribution in [1.82, 2.24) is 0 Å². The van der Waals surface area contributed by atoms with Gasteiger partial charge in [-0.2, -0.15) is 0 Å². The van der Waals surface area contributed by atoms with Gasteiger partial charge in [-0.05, 0) is 29.4 Å². The van der Waals surface area contributed by atoms with Crippen LogP contribution in [0.15, 0.2) is 24.3 Å². The summed E-state index contributed by atoms with van der Waals surface area (Å²) in [5.41, 5.74) is 3.31. The SMILES string of the molecule is CCc1cccc(CC(C)(C)C)c1. The summed E-state index contributed by atoms with van der Waals surface area (Å²) in [5.74, 6) is 0. The molecule has 1 aromatic rings. The monoisotopic (exact) mass is 176 g/mol. The van der Waals surface area contributed by atoms with Crippen LogP contribution in [0, 0.1) is 5.41 Å². The molecule has 0 amide bonds. The molecule has 0 aromatic heterocycles. The molecule has 13 heavy (non-hydrogen) atoms. The fourth-order valence-corrected chi connectivity index (χ4v) is 1.57. The topological polar surface area (TPSA) is 0 Å². The van der Waals surface area contributed by atoms with Gasteiger partial charge < -0.3 is 0 Å². The lowest BCUT2D eigenvalue weighted by molar-refractivity contribution is 0.411. The predicted molar refractivity (Wildman–Crippen MR) is 59.0 cm³/mol. The van der Waals surface area contributed by atoms with Crippen molar-refractivity contribution >= 4 is 0 Å². The van der Waals surface area contributed by atoms with Crippen LogP contribution in [-0.4, -0.2) is 0 Å². The molecular formula is C13H20. The van der Waals surface area contributed by atoms with Gasteiger partial charge in [-0.1, -0.05) is 52.0 Å². The number of aryl methyl sites for hydroxylation is 1. The normalized spacial score (nSPS) is 11.7. The summed E-state index contributed by atoms with van der Waals surface area (Å²) in [7, 11) is 0. The highest BCUT2D eigenvalue weighted by Gasteiger charge is 2.10. The Morgan fingerprint density at radius 1 is 1.08 bits per heavy atom. The second kappa shape index (κ2) is 3.95. The first-order valence-electron chi connectivity index (χ1n) is 5.09. The minimum atomic E-state index is 0.395. The first-order valence-corrected chi connectivity index (χ1v) is 5.09. The van der Waals surface area contributed by atoms with E-state index < -0.39 is 0 Å². The van der Waals surface area contributed by atoms with Crippen molar-refractivity contribution in [1.29, 1.82) is 0 Å². The summed E-state index contributed by atoms with van der Waals surface area (Å²) < 4.78 is 0. The summed E-state index contributed by atoms with van der Waals surface area (Å²) in [5, 5.41) is 0. The highest BCUT2D eigenvalue weighted by molar-refractivity contribution is 5.24. The third-order valence-electron chi connectivity index (χ3n) is 2.13. The summed E-state index contributed by atoms with van der Waals surface area (Å²) >= 11 is 0. The summed E-state index contributed by atoms with van der Waals surface area (Å²) in [6.07, 6.45) is 2.30. The van der Waals surface area contributed by atoms with Crippen molar-refractivity contribution in [2.75, 3.05) is 0 Å². The van der Waals surface area contributed by atoms with Crippen LogP contribution in [0.1, 0.15) is 38.8 Å². The van der Waals surface area contributed by atoms with Gasteiger partial charge >= 0.3 is 0 Å². The number of hydrogen-bond acceptors (Lipinski definition) is 0. The molecule has 0 N–H and O–H groups in total. The molecule has 0 nitrogen and oxygen atoms in total. The highest BCUT2D eigenvalue weighted by Crippen LogP contribution is 2.21. The van der Waals surface area contributed by atoms with Crippen molar-refractivity contribution in [3.05, 3.63) is 35.4 Å². The van der Waals surface area contributed by atoms with Crippen LogP contribution in [0.2, 0.25) is 0 Å². The van der Waals surface area contributed by atoms with Crippen LogP contribution in [0.25, 0.3) is 0 Å². The maximum atomic E-state index is 2.32. The first-order chi connectivity index (χ1) is 6.01. The Morgan fingerprint density at radius 2 is 1.69 bits per heavy atom. The molecule has 0 heterocycles. The number of benzene rings is 1. The van der Waals surface area contributed by atoms with Crippen LogP contribution >= 0.6 is 0 Å². The zero-order valence-corrected chi connectivity index (χ0v) is 9.22. The van der Waals surface area contributed by atoms with E-state index in [4.69, 9.17) is 0 Å². The maximum absolute atomic E-state index is 2.32. The van der Waals surface area contributed by atoms with Gasteiger partial charge in [-0.15, -0.1) is 0 Å². The molecule has 0 radical (unpaired) electrons. The standard InChI is InChI=1S/C13H20/c1-5-11-7-6-8-12(9-11)10-13(2,3)4/h6-9H,5,10H2,1-4H3. The van der Waals surface area contributed by atoms with Crippen LogP contribution in [0.4, 0.5) is 0 Å². The molecule has 0 aliphatic rings. The molecular weight excluding hydrogens is 156 g/mol. The van der Waals surface area contributed by atoms with E-state index in [1.54, 1.807) is 0 Å². The molecule has 0 spiro atoms. The Labute approximate surface area is 82.0 Å². The molecule has 0 heteroatoms. The molecule has 0 atom stereocenters. The van der Waals surface area contributed by atoms with Gasteiger partial charge in [0, 0.05) is 0 Å². The van der Waals surface area contributed by atoms with Gasteiger partial charge in [0.05, 0.1) is 0 Å². The van der Waals surface area contributed by atoms with E-state index in [0.29, 0.717) is 5.41 Å². The van der Waals surface area contributed by atoms with Crippen molar-refractivity contribution in [3.63, 3.8) is 0 Å².